The molecule has 0 aliphatic carbocycles. The Morgan fingerprint density at radius 2 is 2.39 bits per heavy atom. The maximum absolute atomic E-state index is 12.1. The summed E-state index contributed by atoms with van der Waals surface area (Å²) in [5.41, 5.74) is 5.76. The number of amides is 1. The Bertz CT molecular complexity index is 441. The number of oxime groups is 1. The summed E-state index contributed by atoms with van der Waals surface area (Å²) in [5, 5.41) is 15.2. The van der Waals surface area contributed by atoms with E-state index in [1.807, 2.05) is 6.92 Å². The Morgan fingerprint density at radius 1 is 1.72 bits per heavy atom. The van der Waals surface area contributed by atoms with Gasteiger partial charge in [0.15, 0.2) is 5.69 Å². The third kappa shape index (κ3) is 3.22. The van der Waals surface area contributed by atoms with Crippen LogP contribution in [0.5, 0.6) is 0 Å². The van der Waals surface area contributed by atoms with Crippen LogP contribution in [-0.2, 0) is 0 Å². The van der Waals surface area contributed by atoms with E-state index in [9.17, 15) is 4.79 Å². The highest BCUT2D eigenvalue weighted by Gasteiger charge is 2.21. The van der Waals surface area contributed by atoms with Crippen molar-refractivity contribution in [2.75, 3.05) is 13.1 Å². The van der Waals surface area contributed by atoms with Crippen LogP contribution in [0.25, 0.3) is 0 Å². The number of rotatable bonds is 5. The summed E-state index contributed by atoms with van der Waals surface area (Å²) >= 11 is 0. The molecule has 1 amide bonds. The smallest absolute Gasteiger partial charge is 0.276 e. The molecule has 0 saturated heterocycles. The van der Waals surface area contributed by atoms with E-state index >= 15 is 0 Å². The van der Waals surface area contributed by atoms with Crippen molar-refractivity contribution in [3.8, 4) is 0 Å². The number of aromatic nitrogens is 1. The predicted molar refractivity (Wildman–Crippen MR) is 65.4 cm³/mol. The number of nitrogens with zero attached hydrogens (tertiary/aromatic N) is 3. The Balaban J connectivity index is 2.75. The molecular weight excluding hydrogens is 236 g/mol. The molecule has 100 valence electrons. The molecule has 1 aromatic rings. The van der Waals surface area contributed by atoms with E-state index in [0.717, 1.165) is 0 Å². The van der Waals surface area contributed by atoms with Crippen molar-refractivity contribution in [3.63, 3.8) is 0 Å². The fourth-order valence-corrected chi connectivity index (χ4v) is 1.51. The van der Waals surface area contributed by atoms with Gasteiger partial charge in [0.05, 0.1) is 0 Å². The van der Waals surface area contributed by atoms with Gasteiger partial charge in [0.25, 0.3) is 5.91 Å². The van der Waals surface area contributed by atoms with Crippen molar-refractivity contribution in [2.24, 2.45) is 16.8 Å². The molecule has 1 aromatic heterocycles. The highest BCUT2D eigenvalue weighted by atomic mass is 16.5. The molecule has 1 heterocycles. The first-order chi connectivity index (χ1) is 8.49. The summed E-state index contributed by atoms with van der Waals surface area (Å²) in [7, 11) is 0. The molecule has 3 N–H and O–H groups in total. The molecule has 7 nitrogen and oxygen atoms in total. The lowest BCUT2D eigenvalue weighted by molar-refractivity contribution is 0.0743. The zero-order valence-electron chi connectivity index (χ0n) is 10.8. The van der Waals surface area contributed by atoms with Gasteiger partial charge in [-0.05, 0) is 13.8 Å². The van der Waals surface area contributed by atoms with Crippen LogP contribution < -0.4 is 5.73 Å². The first-order valence-electron chi connectivity index (χ1n) is 5.69. The summed E-state index contributed by atoms with van der Waals surface area (Å²) < 4.78 is 4.87. The second-order valence-corrected chi connectivity index (χ2v) is 4.09. The third-order valence-electron chi connectivity index (χ3n) is 2.63. The van der Waals surface area contributed by atoms with Crippen molar-refractivity contribution in [1.29, 1.82) is 0 Å². The molecule has 0 radical (unpaired) electrons. The van der Waals surface area contributed by atoms with Crippen LogP contribution >= 0.6 is 0 Å². The maximum Gasteiger partial charge on any atom is 0.276 e. The van der Waals surface area contributed by atoms with Crippen molar-refractivity contribution in [1.82, 2.24) is 10.1 Å². The van der Waals surface area contributed by atoms with Crippen LogP contribution in [0, 0.1) is 12.8 Å². The van der Waals surface area contributed by atoms with E-state index < -0.39 is 0 Å². The van der Waals surface area contributed by atoms with Gasteiger partial charge in [-0.25, -0.2) is 0 Å². The molecule has 7 heteroatoms. The second kappa shape index (κ2) is 6.04. The minimum absolute atomic E-state index is 0.0950. The number of hydrogen-bond donors (Lipinski definition) is 2. The lowest BCUT2D eigenvalue weighted by Gasteiger charge is -2.22. The SMILES string of the molecule is CCN(CC(C)C(N)=NO)C(=O)c1cc(C)on1. The third-order valence-corrected chi connectivity index (χ3v) is 2.63. The number of nitrogens with two attached hydrogens (primary N) is 1. The summed E-state index contributed by atoms with van der Waals surface area (Å²) in [5.74, 6) is 0.218. The average molecular weight is 254 g/mol. The first-order valence-corrected chi connectivity index (χ1v) is 5.69. The van der Waals surface area contributed by atoms with Gasteiger partial charge < -0.3 is 20.4 Å². The van der Waals surface area contributed by atoms with Gasteiger partial charge in [0.1, 0.15) is 11.6 Å². The van der Waals surface area contributed by atoms with Gasteiger partial charge in [-0.3, -0.25) is 4.79 Å². The van der Waals surface area contributed by atoms with Gasteiger partial charge in [-0.1, -0.05) is 17.2 Å². The number of hydrogen-bond acceptors (Lipinski definition) is 5. The summed E-state index contributed by atoms with van der Waals surface area (Å²) in [4.78, 5) is 13.7. The van der Waals surface area contributed by atoms with Crippen LogP contribution in [0.4, 0.5) is 0 Å². The lowest BCUT2D eigenvalue weighted by Crippen LogP contribution is -2.38. The van der Waals surface area contributed by atoms with E-state index in [4.69, 9.17) is 15.5 Å². The van der Waals surface area contributed by atoms with E-state index in [0.29, 0.717) is 18.8 Å². The van der Waals surface area contributed by atoms with Gasteiger partial charge >= 0.3 is 0 Å². The van der Waals surface area contributed by atoms with Crippen LogP contribution in [0.1, 0.15) is 30.1 Å². The highest BCUT2D eigenvalue weighted by molar-refractivity contribution is 5.92. The van der Waals surface area contributed by atoms with Crippen LogP contribution in [0.2, 0.25) is 0 Å². The molecule has 0 saturated carbocycles. The quantitative estimate of drug-likeness (QED) is 0.350. The monoisotopic (exact) mass is 254 g/mol. The summed E-state index contributed by atoms with van der Waals surface area (Å²) in [6.45, 7) is 6.22. The predicted octanol–water partition coefficient (Wildman–Crippen LogP) is 0.828. The molecule has 0 bridgehead atoms. The average Bonchev–Trinajstić information content (AvgIpc) is 2.80. The molecule has 0 aromatic carbocycles. The normalized spacial score (nSPS) is 13.4. The Hall–Kier alpha value is -2.05. The zero-order chi connectivity index (χ0) is 13.7. The molecular formula is C11H18N4O3. The topological polar surface area (TPSA) is 105 Å². The highest BCUT2D eigenvalue weighted by Crippen LogP contribution is 2.08. The van der Waals surface area contributed by atoms with E-state index in [1.54, 1.807) is 24.8 Å². The standard InChI is InChI=1S/C11H18N4O3/c1-4-15(6-7(2)10(12)13-17)11(16)9-5-8(3)18-14-9/h5,7,17H,4,6H2,1-3H3,(H2,12,13). The lowest BCUT2D eigenvalue weighted by atomic mass is 10.1. The zero-order valence-corrected chi connectivity index (χ0v) is 10.8. The van der Waals surface area contributed by atoms with E-state index in [2.05, 4.69) is 10.3 Å². The molecule has 0 aliphatic rings. The fourth-order valence-electron chi connectivity index (χ4n) is 1.51. The molecule has 0 aliphatic heterocycles. The van der Waals surface area contributed by atoms with E-state index in [1.165, 1.54) is 0 Å². The van der Waals surface area contributed by atoms with Gasteiger partial charge in [0, 0.05) is 25.1 Å². The molecule has 1 rings (SSSR count). The van der Waals surface area contributed by atoms with E-state index in [-0.39, 0.29) is 23.4 Å². The van der Waals surface area contributed by atoms with Gasteiger partial charge in [-0.15, -0.1) is 0 Å². The molecule has 1 unspecified atom stereocenters. The molecule has 0 fully saturated rings. The minimum Gasteiger partial charge on any atom is -0.409 e. The maximum atomic E-state index is 12.1. The number of amidine groups is 1. The van der Waals surface area contributed by atoms with Gasteiger partial charge in [-0.2, -0.15) is 0 Å². The first kappa shape index (κ1) is 14.0. The molecule has 1 atom stereocenters. The van der Waals surface area contributed by atoms with Crippen molar-refractivity contribution in [3.05, 3.63) is 17.5 Å². The molecule has 18 heavy (non-hydrogen) atoms. The Labute approximate surface area is 105 Å². The van der Waals surface area contributed by atoms with Crippen LogP contribution in [0.3, 0.4) is 0 Å². The second-order valence-electron chi connectivity index (χ2n) is 4.09. The largest absolute Gasteiger partial charge is 0.409 e. The van der Waals surface area contributed by atoms with Gasteiger partial charge in [0.2, 0.25) is 0 Å². The minimum atomic E-state index is -0.230. The van der Waals surface area contributed by atoms with Crippen molar-refractivity contribution < 1.29 is 14.5 Å². The fraction of sp³-hybridized carbons (Fsp3) is 0.545. The van der Waals surface area contributed by atoms with Crippen LogP contribution in [0.15, 0.2) is 15.7 Å². The van der Waals surface area contributed by atoms with Crippen molar-refractivity contribution in [2.45, 2.75) is 20.8 Å². The summed E-state index contributed by atoms with van der Waals surface area (Å²) in [6, 6.07) is 1.58. The van der Waals surface area contributed by atoms with Crippen LogP contribution in [-0.4, -0.2) is 40.1 Å². The number of aryl methyl sites for hydroxylation is 1. The molecule has 0 spiro atoms. The Morgan fingerprint density at radius 3 is 2.83 bits per heavy atom. The van der Waals surface area contributed by atoms with Crippen molar-refractivity contribution >= 4 is 11.7 Å². The number of carbonyl (C=O) groups excluding carboxylic acids is 1. The Kier molecular flexibility index (Phi) is 4.70. The number of carbonyl (C=O) groups is 1. The summed E-state index contributed by atoms with van der Waals surface area (Å²) in [6.07, 6.45) is 0.